The van der Waals surface area contributed by atoms with Crippen LogP contribution in [0.3, 0.4) is 0 Å². The monoisotopic (exact) mass is 766 g/mol. The summed E-state index contributed by atoms with van der Waals surface area (Å²) in [6.07, 6.45) is 14.7. The van der Waals surface area contributed by atoms with Crippen molar-refractivity contribution in [1.29, 1.82) is 0 Å². The van der Waals surface area contributed by atoms with Gasteiger partial charge >= 0.3 is 0 Å². The van der Waals surface area contributed by atoms with Crippen LogP contribution >= 0.6 is 11.6 Å². The van der Waals surface area contributed by atoms with Crippen molar-refractivity contribution in [1.82, 2.24) is 0 Å². The van der Waals surface area contributed by atoms with Crippen LogP contribution in [-0.2, 0) is 10.8 Å². The van der Waals surface area contributed by atoms with Gasteiger partial charge in [-0.1, -0.05) is 106 Å². The lowest BCUT2D eigenvalue weighted by atomic mass is 9.78. The van der Waals surface area contributed by atoms with Crippen LogP contribution in [0, 0.1) is 0 Å². The number of nitrogens with zero attached hydrogens (tertiary/aromatic N) is 2. The van der Waals surface area contributed by atoms with Crippen molar-refractivity contribution < 1.29 is 28.6 Å². The van der Waals surface area contributed by atoms with Crippen molar-refractivity contribution in [3.63, 3.8) is 0 Å². The standard InChI is InChI=1S/C44H48ClN2.HI/c1-7-28-46-36-24-20-30-14-9-11-18-34(30)40(36)43(3,4)38(46)26-22-32-16-13-17-33(42(32)45)23-27-39-44(5,6)41-35-19-12-10-15-31(35)21-25-37(41)47(39)29-8-2;/h9-12,14-15,18-27H,7-8,13,16-17,28-29H2,1-6H3;1H/q+1;/p-1. The van der Waals surface area contributed by atoms with Crippen LogP contribution in [0.4, 0.5) is 11.4 Å². The molecular weight excluding hydrogens is 719 g/mol. The number of anilines is 1. The van der Waals surface area contributed by atoms with Crippen LogP contribution < -0.4 is 28.9 Å². The van der Waals surface area contributed by atoms with Crippen LogP contribution in [0.5, 0.6) is 0 Å². The summed E-state index contributed by atoms with van der Waals surface area (Å²) >= 11 is 7.29. The third-order valence-electron chi connectivity index (χ3n) is 10.7. The van der Waals surface area contributed by atoms with E-state index in [-0.39, 0.29) is 34.8 Å². The molecule has 0 fully saturated rings. The van der Waals surface area contributed by atoms with Gasteiger partial charge in [0.1, 0.15) is 6.54 Å². The Balaban J connectivity index is 0.00000401. The topological polar surface area (TPSA) is 6.25 Å². The molecule has 7 rings (SSSR count). The average molecular weight is 767 g/mol. The number of allylic oxidation sites excluding steroid dienone is 8. The van der Waals surface area contributed by atoms with Crippen molar-refractivity contribution in [3.05, 3.63) is 130 Å². The number of halogens is 2. The lowest BCUT2D eigenvalue weighted by Crippen LogP contribution is -3.00. The lowest BCUT2D eigenvalue weighted by molar-refractivity contribution is -0.437. The molecule has 3 aliphatic rings. The minimum absolute atomic E-state index is 0. The van der Waals surface area contributed by atoms with E-state index >= 15 is 0 Å². The molecule has 0 saturated heterocycles. The van der Waals surface area contributed by atoms with Gasteiger partial charge in [0.25, 0.3) is 0 Å². The van der Waals surface area contributed by atoms with E-state index in [1.54, 1.807) is 0 Å². The van der Waals surface area contributed by atoms with Gasteiger partial charge in [-0.3, -0.25) is 0 Å². The van der Waals surface area contributed by atoms with Gasteiger partial charge < -0.3 is 28.9 Å². The summed E-state index contributed by atoms with van der Waals surface area (Å²) in [4.78, 5) is 2.54. The van der Waals surface area contributed by atoms with E-state index in [2.05, 4.69) is 148 Å². The maximum absolute atomic E-state index is 7.29. The molecule has 0 radical (unpaired) electrons. The summed E-state index contributed by atoms with van der Waals surface area (Å²) in [5.41, 5.74) is 10.5. The second kappa shape index (κ2) is 13.6. The summed E-state index contributed by atoms with van der Waals surface area (Å²) in [5.74, 6) is 0. The Morgan fingerprint density at radius 1 is 0.750 bits per heavy atom. The van der Waals surface area contributed by atoms with E-state index in [1.165, 1.54) is 66.6 Å². The molecule has 2 heterocycles. The van der Waals surface area contributed by atoms with Crippen molar-refractivity contribution in [2.45, 2.75) is 84.5 Å². The highest BCUT2D eigenvalue weighted by atomic mass is 127. The summed E-state index contributed by atoms with van der Waals surface area (Å²) in [6.45, 7) is 16.1. The van der Waals surface area contributed by atoms with Crippen molar-refractivity contribution in [3.8, 4) is 0 Å². The molecule has 0 atom stereocenters. The van der Waals surface area contributed by atoms with Gasteiger partial charge in [-0.05, 0) is 96.0 Å². The van der Waals surface area contributed by atoms with Crippen LogP contribution in [0.2, 0.25) is 0 Å². The molecule has 0 spiro atoms. The van der Waals surface area contributed by atoms with Gasteiger partial charge in [-0.15, -0.1) is 0 Å². The molecule has 0 N–H and O–H groups in total. The molecule has 2 nitrogen and oxygen atoms in total. The SMILES string of the molecule is CCCN1C(=C/C=C2\CCCC(/C=C/C3=[N+](CCC)c4ccc5ccccc5c4C3(C)C)=C2Cl)C(C)(C)c2c1ccc1ccccc21.[I-]. The Hall–Kier alpha value is -3.15. The van der Waals surface area contributed by atoms with E-state index in [9.17, 15) is 0 Å². The van der Waals surface area contributed by atoms with Crippen LogP contribution in [0.25, 0.3) is 21.5 Å². The van der Waals surface area contributed by atoms with Crippen LogP contribution in [-0.4, -0.2) is 23.4 Å². The third kappa shape index (κ3) is 5.69. The van der Waals surface area contributed by atoms with Gasteiger partial charge in [0, 0.05) is 52.5 Å². The lowest BCUT2D eigenvalue weighted by Gasteiger charge is -2.27. The fourth-order valence-electron chi connectivity index (χ4n) is 8.57. The van der Waals surface area contributed by atoms with Crippen molar-refractivity contribution in [2.24, 2.45) is 0 Å². The Morgan fingerprint density at radius 3 is 2.10 bits per heavy atom. The first-order valence-electron chi connectivity index (χ1n) is 17.6. The van der Waals surface area contributed by atoms with Gasteiger partial charge in [0.15, 0.2) is 5.71 Å². The minimum Gasteiger partial charge on any atom is -1.00 e. The highest BCUT2D eigenvalue weighted by Gasteiger charge is 2.45. The Kier molecular flexibility index (Phi) is 9.86. The fraction of sp³-hybridized carbons (Fsp3) is 0.341. The summed E-state index contributed by atoms with van der Waals surface area (Å²) in [5, 5.41) is 6.25. The van der Waals surface area contributed by atoms with Gasteiger partial charge in [-0.25, -0.2) is 0 Å². The highest BCUT2D eigenvalue weighted by molar-refractivity contribution is 6.32. The first-order chi connectivity index (χ1) is 22.7. The molecule has 0 bridgehead atoms. The number of hydrogen-bond acceptors (Lipinski definition) is 1. The van der Waals surface area contributed by atoms with E-state index in [1.807, 2.05) is 0 Å². The second-order valence-electron chi connectivity index (χ2n) is 14.6. The van der Waals surface area contributed by atoms with E-state index in [0.29, 0.717) is 0 Å². The summed E-state index contributed by atoms with van der Waals surface area (Å²) in [7, 11) is 0. The number of benzene rings is 4. The molecule has 48 heavy (non-hydrogen) atoms. The van der Waals surface area contributed by atoms with Crippen LogP contribution in [0.1, 0.15) is 84.8 Å². The molecule has 1 aliphatic carbocycles. The molecular formula is C44H48ClIN2. The molecule has 4 aromatic rings. The largest absolute Gasteiger partial charge is 1.00 e. The molecule has 2 aliphatic heterocycles. The quantitative estimate of drug-likeness (QED) is 0.135. The zero-order valence-corrected chi connectivity index (χ0v) is 32.3. The Labute approximate surface area is 309 Å². The van der Waals surface area contributed by atoms with E-state index in [4.69, 9.17) is 11.6 Å². The number of rotatable bonds is 7. The number of hydrogen-bond donors (Lipinski definition) is 0. The maximum atomic E-state index is 7.29. The van der Waals surface area contributed by atoms with Gasteiger partial charge in [0.05, 0.1) is 5.41 Å². The second-order valence-corrected chi connectivity index (χ2v) is 14.9. The minimum atomic E-state index is -0.109. The smallest absolute Gasteiger partial charge is 0.210 e. The molecule has 0 unspecified atom stereocenters. The Bertz CT molecular complexity index is 2060. The molecule has 4 heteroatoms. The fourth-order valence-corrected chi connectivity index (χ4v) is 8.88. The molecule has 0 amide bonds. The molecule has 0 aromatic heterocycles. The van der Waals surface area contributed by atoms with E-state index in [0.717, 1.165) is 50.2 Å². The maximum Gasteiger partial charge on any atom is 0.210 e. The third-order valence-corrected chi connectivity index (χ3v) is 11.2. The molecule has 0 saturated carbocycles. The zero-order valence-electron chi connectivity index (χ0n) is 29.3. The highest BCUT2D eigenvalue weighted by Crippen LogP contribution is 2.51. The van der Waals surface area contributed by atoms with Crippen LogP contribution in [0.15, 0.2) is 119 Å². The predicted molar refractivity (Wildman–Crippen MR) is 204 cm³/mol. The zero-order chi connectivity index (χ0) is 32.9. The molecule has 4 aromatic carbocycles. The van der Waals surface area contributed by atoms with E-state index < -0.39 is 0 Å². The first kappa shape index (κ1) is 34.7. The predicted octanol–water partition coefficient (Wildman–Crippen LogP) is 9.03. The van der Waals surface area contributed by atoms with Gasteiger partial charge in [-0.2, -0.15) is 4.58 Å². The average Bonchev–Trinajstić information content (AvgIpc) is 3.42. The summed E-state index contributed by atoms with van der Waals surface area (Å²) in [6, 6.07) is 26.8. The first-order valence-corrected chi connectivity index (χ1v) is 18.0. The Morgan fingerprint density at radius 2 is 1.42 bits per heavy atom. The summed E-state index contributed by atoms with van der Waals surface area (Å²) < 4.78 is 2.54. The van der Waals surface area contributed by atoms with Gasteiger partial charge in [0.2, 0.25) is 5.69 Å². The van der Waals surface area contributed by atoms with Crippen molar-refractivity contribution in [2.75, 3.05) is 18.0 Å². The van der Waals surface area contributed by atoms with Crippen molar-refractivity contribution >= 4 is 50.2 Å². The number of fused-ring (bicyclic) bond motifs is 6. The molecule has 248 valence electrons. The normalized spacial score (nSPS) is 20.0.